The predicted molar refractivity (Wildman–Crippen MR) is 147 cm³/mol. The van der Waals surface area contributed by atoms with Crippen molar-refractivity contribution in [3.05, 3.63) is 35.1 Å². The molecule has 0 heterocycles. The highest BCUT2D eigenvalue weighted by atomic mass is 28.4. The second kappa shape index (κ2) is 8.30. The molecule has 3 unspecified atom stereocenters. The summed E-state index contributed by atoms with van der Waals surface area (Å²) in [6.07, 6.45) is 8.47. The lowest BCUT2D eigenvalue weighted by Crippen LogP contribution is -2.43. The van der Waals surface area contributed by atoms with Crippen LogP contribution in [0.3, 0.4) is 0 Å². The second-order valence-corrected chi connectivity index (χ2v) is 27.1. The molecule has 0 radical (unpaired) electrons. The summed E-state index contributed by atoms with van der Waals surface area (Å²) in [5.74, 6) is 5.46. The molecule has 3 aliphatic carbocycles. The normalized spacial score (nSPS) is 29.5. The van der Waals surface area contributed by atoms with E-state index in [0.717, 1.165) is 23.8 Å². The minimum Gasteiger partial charge on any atom is -0.547 e. The fraction of sp³-hybridized carbons (Fsp3) is 0.704. The highest BCUT2D eigenvalue weighted by Gasteiger charge is 2.53. The van der Waals surface area contributed by atoms with E-state index in [0.29, 0.717) is 11.8 Å². The Balaban J connectivity index is 1.67. The summed E-state index contributed by atoms with van der Waals surface area (Å²) in [5, 5.41) is 0. The van der Waals surface area contributed by atoms with Gasteiger partial charge in [0.15, 0.2) is 0 Å². The molecule has 1 fully saturated rings. The van der Waals surface area contributed by atoms with Crippen molar-refractivity contribution in [1.29, 1.82) is 0 Å². The quantitative estimate of drug-likeness (QED) is 0.366. The SMILES string of the molecule is C[C@]12CCC3c4ccc(O[Si](C)(C)C)c(O[Si](C)(C)C)c4CCC3C1CC=C2O[Si](C)(C)C. The fourth-order valence-electron chi connectivity index (χ4n) is 6.46. The zero-order valence-corrected chi connectivity index (χ0v) is 25.7. The third-order valence-electron chi connectivity index (χ3n) is 7.58. The van der Waals surface area contributed by atoms with E-state index in [1.165, 1.54) is 37.0 Å². The van der Waals surface area contributed by atoms with Gasteiger partial charge in [0.2, 0.25) is 25.0 Å². The number of allylic oxidation sites excluding steroid dienone is 2. The molecular weight excluding hydrogens is 457 g/mol. The lowest BCUT2D eigenvalue weighted by Gasteiger charge is -2.50. The van der Waals surface area contributed by atoms with Crippen LogP contribution in [0.15, 0.2) is 24.0 Å². The molecule has 0 N–H and O–H groups in total. The molecule has 0 bridgehead atoms. The van der Waals surface area contributed by atoms with Gasteiger partial charge in [-0.15, -0.1) is 0 Å². The van der Waals surface area contributed by atoms with Gasteiger partial charge in [0.25, 0.3) is 0 Å². The summed E-state index contributed by atoms with van der Waals surface area (Å²) >= 11 is 0. The molecule has 33 heavy (non-hydrogen) atoms. The molecule has 0 spiro atoms. The molecular formula is C27H46O3Si3. The standard InChI is InChI=1S/C27H46O3Si3/c1-27-18-17-20-19-13-15-24(28-31(2,3)4)26(30-33(8,9)10)22(19)12-11-21(20)23(27)14-16-25(27)29-32(5,6)7/h13,15-16,20-21,23H,11-12,14,17-18H2,1-10H3/t20?,21?,23?,27-/m0/s1. The molecule has 4 rings (SSSR count). The zero-order valence-electron chi connectivity index (χ0n) is 22.7. The van der Waals surface area contributed by atoms with Crippen LogP contribution < -0.4 is 8.85 Å². The summed E-state index contributed by atoms with van der Waals surface area (Å²) in [4.78, 5) is 0. The number of rotatable bonds is 6. The lowest BCUT2D eigenvalue weighted by atomic mass is 9.55. The molecule has 1 saturated carbocycles. The number of hydrogen-bond acceptors (Lipinski definition) is 3. The summed E-state index contributed by atoms with van der Waals surface area (Å²) in [7, 11) is -5.08. The monoisotopic (exact) mass is 502 g/mol. The smallest absolute Gasteiger partial charge is 0.242 e. The molecule has 1 aromatic rings. The Morgan fingerprint density at radius 2 is 1.45 bits per heavy atom. The first-order valence-electron chi connectivity index (χ1n) is 13.0. The molecule has 0 saturated heterocycles. The van der Waals surface area contributed by atoms with Gasteiger partial charge in [0.05, 0.1) is 5.76 Å². The first-order valence-corrected chi connectivity index (χ1v) is 23.2. The van der Waals surface area contributed by atoms with E-state index < -0.39 is 25.0 Å². The van der Waals surface area contributed by atoms with Gasteiger partial charge >= 0.3 is 0 Å². The van der Waals surface area contributed by atoms with Crippen molar-refractivity contribution in [1.82, 2.24) is 0 Å². The van der Waals surface area contributed by atoms with Gasteiger partial charge in [-0.25, -0.2) is 0 Å². The van der Waals surface area contributed by atoms with Gasteiger partial charge in [0.1, 0.15) is 11.5 Å². The minimum atomic E-state index is -1.76. The highest BCUT2D eigenvalue weighted by Crippen LogP contribution is 2.62. The Labute approximate surface area is 205 Å². The Hall–Kier alpha value is -0.989. The largest absolute Gasteiger partial charge is 0.547 e. The maximum absolute atomic E-state index is 6.75. The van der Waals surface area contributed by atoms with Crippen molar-refractivity contribution < 1.29 is 13.3 Å². The van der Waals surface area contributed by atoms with Crippen LogP contribution in [0.5, 0.6) is 11.5 Å². The minimum absolute atomic E-state index is 0.220. The number of fused-ring (bicyclic) bond motifs is 5. The van der Waals surface area contributed by atoms with Gasteiger partial charge in [-0.3, -0.25) is 0 Å². The van der Waals surface area contributed by atoms with Gasteiger partial charge in [-0.05, 0) is 126 Å². The molecule has 6 heteroatoms. The molecule has 1 aromatic carbocycles. The zero-order chi connectivity index (χ0) is 24.4. The molecule has 3 nitrogen and oxygen atoms in total. The summed E-state index contributed by atoms with van der Waals surface area (Å²) < 4.78 is 19.9. The first-order chi connectivity index (χ1) is 15.1. The Bertz CT molecular complexity index is 936. The van der Waals surface area contributed by atoms with E-state index in [-0.39, 0.29) is 5.41 Å². The predicted octanol–water partition coefficient (Wildman–Crippen LogP) is 8.32. The summed E-state index contributed by atoms with van der Waals surface area (Å²) in [5.41, 5.74) is 3.21. The van der Waals surface area contributed by atoms with Crippen molar-refractivity contribution >= 4 is 25.0 Å². The molecule has 0 aromatic heterocycles. The van der Waals surface area contributed by atoms with Gasteiger partial charge in [0, 0.05) is 11.0 Å². The third kappa shape index (κ3) is 5.18. The molecule has 0 aliphatic heterocycles. The van der Waals surface area contributed by atoms with Crippen molar-refractivity contribution in [2.75, 3.05) is 0 Å². The second-order valence-electron chi connectivity index (χ2n) is 13.8. The molecule has 4 atom stereocenters. The van der Waals surface area contributed by atoms with Crippen LogP contribution >= 0.6 is 0 Å². The first kappa shape index (κ1) is 25.1. The van der Waals surface area contributed by atoms with E-state index in [1.54, 1.807) is 5.56 Å². The van der Waals surface area contributed by atoms with Crippen molar-refractivity contribution in [3.8, 4) is 11.5 Å². The van der Waals surface area contributed by atoms with Gasteiger partial charge in [-0.1, -0.05) is 13.0 Å². The van der Waals surface area contributed by atoms with Crippen LogP contribution in [0.2, 0.25) is 58.9 Å². The Morgan fingerprint density at radius 1 is 0.818 bits per heavy atom. The van der Waals surface area contributed by atoms with Crippen molar-refractivity contribution in [2.45, 2.75) is 104 Å². The Morgan fingerprint density at radius 3 is 2.06 bits per heavy atom. The lowest BCUT2D eigenvalue weighted by molar-refractivity contribution is 0.0504. The fourth-order valence-corrected chi connectivity index (χ4v) is 9.09. The number of benzene rings is 1. The van der Waals surface area contributed by atoms with Gasteiger partial charge < -0.3 is 13.3 Å². The average Bonchev–Trinajstić information content (AvgIpc) is 2.96. The highest BCUT2D eigenvalue weighted by molar-refractivity contribution is 6.71. The maximum Gasteiger partial charge on any atom is 0.242 e. The van der Waals surface area contributed by atoms with E-state index in [9.17, 15) is 0 Å². The van der Waals surface area contributed by atoms with E-state index in [1.807, 2.05) is 0 Å². The van der Waals surface area contributed by atoms with Crippen LogP contribution in [-0.4, -0.2) is 25.0 Å². The number of hydrogen-bond donors (Lipinski definition) is 0. The molecule has 0 amide bonds. The van der Waals surface area contributed by atoms with Crippen LogP contribution in [0.25, 0.3) is 0 Å². The van der Waals surface area contributed by atoms with Crippen LogP contribution in [0, 0.1) is 17.3 Å². The van der Waals surface area contributed by atoms with Crippen molar-refractivity contribution in [3.63, 3.8) is 0 Å². The third-order valence-corrected chi connectivity index (χ3v) is 10.1. The summed E-state index contributed by atoms with van der Waals surface area (Å²) in [6.45, 7) is 23.1. The van der Waals surface area contributed by atoms with Gasteiger partial charge in [-0.2, -0.15) is 0 Å². The van der Waals surface area contributed by atoms with Crippen LogP contribution in [0.4, 0.5) is 0 Å². The summed E-state index contributed by atoms with van der Waals surface area (Å²) in [6, 6.07) is 4.62. The maximum atomic E-state index is 6.75. The van der Waals surface area contributed by atoms with Crippen LogP contribution in [-0.2, 0) is 10.8 Å². The molecule has 184 valence electrons. The topological polar surface area (TPSA) is 27.7 Å². The van der Waals surface area contributed by atoms with Crippen molar-refractivity contribution in [2.24, 2.45) is 17.3 Å². The average molecular weight is 503 g/mol. The van der Waals surface area contributed by atoms with E-state index in [2.05, 4.69) is 84.1 Å². The Kier molecular flexibility index (Phi) is 6.32. The van der Waals surface area contributed by atoms with E-state index >= 15 is 0 Å². The van der Waals surface area contributed by atoms with Crippen LogP contribution in [0.1, 0.15) is 49.7 Å². The molecule has 3 aliphatic rings. The van der Waals surface area contributed by atoms with E-state index in [4.69, 9.17) is 13.3 Å².